The molecule has 0 atom stereocenters. The zero-order chi connectivity index (χ0) is 21.3. The Balaban J connectivity index is 2.08. The summed E-state index contributed by atoms with van der Waals surface area (Å²) in [7, 11) is 2.04. The molecule has 1 aliphatic rings. The summed E-state index contributed by atoms with van der Waals surface area (Å²) in [5.41, 5.74) is 9.27. The van der Waals surface area contributed by atoms with E-state index in [4.69, 9.17) is 0 Å². The number of piperidine rings is 1. The molecular weight excluding hydrogens is 364 g/mol. The van der Waals surface area contributed by atoms with Crippen LogP contribution in [0.25, 0.3) is 12.2 Å². The van der Waals surface area contributed by atoms with Gasteiger partial charge in [-0.1, -0.05) is 5.16 Å². The predicted molar refractivity (Wildman–Crippen MR) is 115 cm³/mol. The van der Waals surface area contributed by atoms with Gasteiger partial charge in [-0.05, 0) is 71.9 Å². The molecule has 0 amide bonds. The quantitative estimate of drug-likeness (QED) is 0.623. The Morgan fingerprint density at radius 1 is 0.690 bits per heavy atom. The molecule has 1 N–H and O–H groups in total. The SMILES string of the molecule is Cc1nc(C)c(/C=C2\CN(C)C/C(=C\c3nc(C)c(C)nc3C)C2=NO)nc1C. The first-order valence-corrected chi connectivity index (χ1v) is 9.65. The monoisotopic (exact) mass is 392 g/mol. The fourth-order valence-electron chi connectivity index (χ4n) is 3.42. The molecule has 3 rings (SSSR count). The number of aromatic nitrogens is 4. The smallest absolute Gasteiger partial charge is 0.111 e. The van der Waals surface area contributed by atoms with Crippen LogP contribution >= 0.6 is 0 Å². The molecule has 1 saturated heterocycles. The third-order valence-corrected chi connectivity index (χ3v) is 5.25. The summed E-state index contributed by atoms with van der Waals surface area (Å²) in [4.78, 5) is 20.6. The molecule has 0 spiro atoms. The zero-order valence-corrected chi connectivity index (χ0v) is 18.2. The normalized spacial score (nSPS) is 18.0. The van der Waals surface area contributed by atoms with Crippen LogP contribution in [0.3, 0.4) is 0 Å². The molecule has 0 radical (unpaired) electrons. The van der Waals surface area contributed by atoms with Crippen molar-refractivity contribution in [3.05, 3.63) is 56.7 Å². The molecule has 152 valence electrons. The minimum absolute atomic E-state index is 0.557. The van der Waals surface area contributed by atoms with Crippen molar-refractivity contribution < 1.29 is 5.21 Å². The molecular formula is C22H28N6O. The van der Waals surface area contributed by atoms with E-state index in [-0.39, 0.29) is 0 Å². The minimum Gasteiger partial charge on any atom is -0.410 e. The maximum absolute atomic E-state index is 9.83. The van der Waals surface area contributed by atoms with Crippen LogP contribution in [0.1, 0.15) is 45.6 Å². The fourth-order valence-corrected chi connectivity index (χ4v) is 3.42. The lowest BCUT2D eigenvalue weighted by Gasteiger charge is -2.28. The van der Waals surface area contributed by atoms with Crippen LogP contribution in [0.15, 0.2) is 16.3 Å². The fraction of sp³-hybridized carbons (Fsp3) is 0.409. The number of aryl methyl sites for hydroxylation is 6. The highest BCUT2D eigenvalue weighted by Crippen LogP contribution is 2.23. The van der Waals surface area contributed by atoms with Gasteiger partial charge in [0.1, 0.15) is 5.71 Å². The van der Waals surface area contributed by atoms with Crippen molar-refractivity contribution in [2.24, 2.45) is 5.16 Å². The Bertz CT molecular complexity index is 972. The van der Waals surface area contributed by atoms with E-state index in [0.717, 1.165) is 56.7 Å². The van der Waals surface area contributed by atoms with E-state index in [9.17, 15) is 5.21 Å². The van der Waals surface area contributed by atoms with Crippen molar-refractivity contribution >= 4 is 17.9 Å². The molecule has 0 aliphatic carbocycles. The Labute approximate surface area is 171 Å². The minimum atomic E-state index is 0.557. The Hall–Kier alpha value is -2.93. The number of rotatable bonds is 2. The van der Waals surface area contributed by atoms with Crippen LogP contribution in [0.5, 0.6) is 0 Å². The number of hydrogen-bond donors (Lipinski definition) is 1. The highest BCUT2D eigenvalue weighted by molar-refractivity contribution is 6.17. The molecule has 2 aromatic heterocycles. The highest BCUT2D eigenvalue weighted by atomic mass is 16.4. The van der Waals surface area contributed by atoms with E-state index in [0.29, 0.717) is 18.8 Å². The first kappa shape index (κ1) is 20.8. The number of hydrogen-bond acceptors (Lipinski definition) is 7. The van der Waals surface area contributed by atoms with Crippen LogP contribution in [0, 0.1) is 41.5 Å². The first-order chi connectivity index (χ1) is 13.7. The van der Waals surface area contributed by atoms with Gasteiger partial charge in [0.2, 0.25) is 0 Å². The number of nitrogens with zero attached hydrogens (tertiary/aromatic N) is 6. The lowest BCUT2D eigenvalue weighted by Crippen LogP contribution is -2.35. The lowest BCUT2D eigenvalue weighted by atomic mass is 9.95. The van der Waals surface area contributed by atoms with Gasteiger partial charge in [-0.15, -0.1) is 0 Å². The Morgan fingerprint density at radius 3 is 1.45 bits per heavy atom. The first-order valence-electron chi connectivity index (χ1n) is 9.65. The van der Waals surface area contributed by atoms with Crippen LogP contribution in [-0.4, -0.2) is 55.9 Å². The van der Waals surface area contributed by atoms with Crippen molar-refractivity contribution in [1.82, 2.24) is 24.8 Å². The van der Waals surface area contributed by atoms with Gasteiger partial charge in [-0.2, -0.15) is 0 Å². The second-order valence-corrected chi connectivity index (χ2v) is 7.69. The maximum Gasteiger partial charge on any atom is 0.111 e. The van der Waals surface area contributed by atoms with Gasteiger partial charge in [0.15, 0.2) is 0 Å². The third kappa shape index (κ3) is 4.40. The Kier molecular flexibility index (Phi) is 5.88. The summed E-state index contributed by atoms with van der Waals surface area (Å²) in [5, 5.41) is 13.5. The molecule has 29 heavy (non-hydrogen) atoms. The average Bonchev–Trinajstić information content (AvgIpc) is 2.64. The van der Waals surface area contributed by atoms with E-state index >= 15 is 0 Å². The molecule has 3 heterocycles. The zero-order valence-electron chi connectivity index (χ0n) is 18.2. The molecule has 2 aromatic rings. The second kappa shape index (κ2) is 8.21. The molecule has 7 heteroatoms. The molecule has 1 fully saturated rings. The summed E-state index contributed by atoms with van der Waals surface area (Å²) in [6.07, 6.45) is 3.93. The van der Waals surface area contributed by atoms with E-state index < -0.39 is 0 Å². The predicted octanol–water partition coefficient (Wildman–Crippen LogP) is 3.36. The Morgan fingerprint density at radius 2 is 1.07 bits per heavy atom. The molecule has 0 bridgehead atoms. The topological polar surface area (TPSA) is 87.4 Å². The van der Waals surface area contributed by atoms with Crippen molar-refractivity contribution in [2.75, 3.05) is 20.1 Å². The lowest BCUT2D eigenvalue weighted by molar-refractivity contribution is 0.315. The van der Waals surface area contributed by atoms with Crippen molar-refractivity contribution in [1.29, 1.82) is 0 Å². The molecule has 7 nitrogen and oxygen atoms in total. The molecule has 0 saturated carbocycles. The number of oxime groups is 1. The highest BCUT2D eigenvalue weighted by Gasteiger charge is 2.24. The van der Waals surface area contributed by atoms with E-state index in [1.807, 2.05) is 60.7 Å². The standard InChI is InChI=1S/C22H28N6O/c1-12-14(3)25-20(16(5)23-12)8-18-10-28(7)11-19(22(18)27-29)9-21-17(6)24-13(2)15(4)26-21/h8-9,29H,10-11H2,1-7H3/b18-8+,19-9+. The number of likely N-dealkylation sites (N-methyl/N-ethyl adjacent to an activating group) is 1. The van der Waals surface area contributed by atoms with Gasteiger partial charge in [0.05, 0.1) is 45.6 Å². The van der Waals surface area contributed by atoms with Crippen molar-refractivity contribution in [2.45, 2.75) is 41.5 Å². The van der Waals surface area contributed by atoms with Gasteiger partial charge >= 0.3 is 0 Å². The van der Waals surface area contributed by atoms with E-state index in [2.05, 4.69) is 30.0 Å². The number of likely N-dealkylation sites (tertiary alicyclic amines) is 1. The molecule has 0 aromatic carbocycles. The summed E-state index contributed by atoms with van der Waals surface area (Å²) in [6.45, 7) is 13.0. The van der Waals surface area contributed by atoms with Crippen molar-refractivity contribution in [3.8, 4) is 0 Å². The van der Waals surface area contributed by atoms with Crippen LogP contribution in [0.2, 0.25) is 0 Å². The average molecular weight is 393 g/mol. The van der Waals surface area contributed by atoms with Gasteiger partial charge in [0.25, 0.3) is 0 Å². The van der Waals surface area contributed by atoms with Crippen LogP contribution < -0.4 is 0 Å². The van der Waals surface area contributed by atoms with Crippen molar-refractivity contribution in [3.63, 3.8) is 0 Å². The van der Waals surface area contributed by atoms with Gasteiger partial charge < -0.3 is 5.21 Å². The summed E-state index contributed by atoms with van der Waals surface area (Å²) in [6, 6.07) is 0. The third-order valence-electron chi connectivity index (χ3n) is 5.25. The van der Waals surface area contributed by atoms with E-state index in [1.54, 1.807) is 0 Å². The maximum atomic E-state index is 9.83. The molecule has 0 unspecified atom stereocenters. The summed E-state index contributed by atoms with van der Waals surface area (Å²) >= 11 is 0. The summed E-state index contributed by atoms with van der Waals surface area (Å²) < 4.78 is 0. The summed E-state index contributed by atoms with van der Waals surface area (Å²) in [5.74, 6) is 0. The van der Waals surface area contributed by atoms with Gasteiger partial charge in [0, 0.05) is 13.1 Å². The van der Waals surface area contributed by atoms with Crippen LogP contribution in [0.4, 0.5) is 0 Å². The van der Waals surface area contributed by atoms with E-state index in [1.165, 1.54) is 0 Å². The van der Waals surface area contributed by atoms with Crippen LogP contribution in [-0.2, 0) is 0 Å². The van der Waals surface area contributed by atoms with Gasteiger partial charge in [-0.3, -0.25) is 14.9 Å². The molecule has 1 aliphatic heterocycles. The van der Waals surface area contributed by atoms with Gasteiger partial charge in [-0.25, -0.2) is 9.97 Å². The second-order valence-electron chi connectivity index (χ2n) is 7.69. The largest absolute Gasteiger partial charge is 0.410 e.